The Bertz CT molecular complexity index is 1440. The van der Waals surface area contributed by atoms with Gasteiger partial charge in [0.25, 0.3) is 0 Å². The summed E-state index contributed by atoms with van der Waals surface area (Å²) in [6, 6.07) is 14.6. The summed E-state index contributed by atoms with van der Waals surface area (Å²) < 4.78 is 11.5. The summed E-state index contributed by atoms with van der Waals surface area (Å²) in [5.74, 6) is 2.41. The lowest BCUT2D eigenvalue weighted by molar-refractivity contribution is 0.171. The number of aliphatic hydroxyl groups is 1. The summed E-state index contributed by atoms with van der Waals surface area (Å²) in [4.78, 5) is 16.1. The van der Waals surface area contributed by atoms with Gasteiger partial charge in [-0.15, -0.1) is 0 Å². The number of aromatic nitrogens is 3. The third-order valence-electron chi connectivity index (χ3n) is 6.82. The molecule has 8 nitrogen and oxygen atoms in total. The van der Waals surface area contributed by atoms with Crippen molar-refractivity contribution in [2.24, 2.45) is 0 Å². The minimum Gasteiger partial charge on any atom is -0.486 e. The number of benzene rings is 2. The van der Waals surface area contributed by atoms with Gasteiger partial charge in [-0.25, -0.2) is 9.97 Å². The monoisotopic (exact) mass is 483 g/mol. The molecule has 0 amide bonds. The Labute approximate surface area is 209 Å². The molecule has 2 aromatic carbocycles. The molecule has 4 heterocycles. The summed E-state index contributed by atoms with van der Waals surface area (Å²) in [5, 5.41) is 12.9. The van der Waals surface area contributed by atoms with Crippen LogP contribution in [0.2, 0.25) is 0 Å². The largest absolute Gasteiger partial charge is 0.486 e. The lowest BCUT2D eigenvalue weighted by Crippen LogP contribution is -2.42. The van der Waals surface area contributed by atoms with Gasteiger partial charge in [-0.1, -0.05) is 18.2 Å². The second-order valence-electron chi connectivity index (χ2n) is 9.87. The fourth-order valence-electron chi connectivity index (χ4n) is 4.80. The first kappa shape index (κ1) is 22.7. The van der Waals surface area contributed by atoms with Gasteiger partial charge in [-0.3, -0.25) is 4.98 Å². The van der Waals surface area contributed by atoms with Gasteiger partial charge in [0.1, 0.15) is 25.1 Å². The number of ether oxygens (including phenoxy) is 2. The Morgan fingerprint density at radius 2 is 1.89 bits per heavy atom. The average molecular weight is 484 g/mol. The Morgan fingerprint density at radius 3 is 2.75 bits per heavy atom. The van der Waals surface area contributed by atoms with Crippen LogP contribution in [-0.4, -0.2) is 52.0 Å². The summed E-state index contributed by atoms with van der Waals surface area (Å²) in [6.45, 7) is 6.56. The Balaban J connectivity index is 1.33. The molecule has 36 heavy (non-hydrogen) atoms. The highest BCUT2D eigenvalue weighted by atomic mass is 16.6. The normalized spacial score (nSPS) is 14.8. The minimum atomic E-state index is -0.361. The molecule has 2 N–H and O–H groups in total. The van der Waals surface area contributed by atoms with Crippen LogP contribution >= 0.6 is 0 Å². The van der Waals surface area contributed by atoms with Crippen molar-refractivity contribution >= 4 is 22.5 Å². The first-order chi connectivity index (χ1) is 17.5. The summed E-state index contributed by atoms with van der Waals surface area (Å²) in [7, 11) is 0. The number of fused-ring (bicyclic) bond motifs is 3. The zero-order valence-electron chi connectivity index (χ0n) is 20.5. The highest BCUT2D eigenvalue weighted by molar-refractivity contribution is 5.90. The number of rotatable bonds is 6. The molecule has 4 aromatic rings. The molecule has 0 radical (unpaired) electrons. The highest BCUT2D eigenvalue weighted by Crippen LogP contribution is 2.42. The maximum atomic E-state index is 9.51. The Morgan fingerprint density at radius 1 is 1.03 bits per heavy atom. The maximum Gasteiger partial charge on any atom is 0.163 e. The zero-order chi connectivity index (χ0) is 24.7. The molecule has 2 aromatic heterocycles. The van der Waals surface area contributed by atoms with E-state index in [1.54, 1.807) is 6.33 Å². The second-order valence-corrected chi connectivity index (χ2v) is 9.87. The Hall–Kier alpha value is -3.75. The summed E-state index contributed by atoms with van der Waals surface area (Å²) >= 11 is 0. The van der Waals surface area contributed by atoms with Crippen LogP contribution in [0.25, 0.3) is 22.2 Å². The van der Waals surface area contributed by atoms with Gasteiger partial charge in [0.05, 0.1) is 12.1 Å². The van der Waals surface area contributed by atoms with E-state index in [0.29, 0.717) is 19.8 Å². The lowest BCUT2D eigenvalue weighted by Gasteiger charge is -2.23. The van der Waals surface area contributed by atoms with E-state index in [-0.39, 0.29) is 12.1 Å². The van der Waals surface area contributed by atoms with E-state index in [1.165, 1.54) is 11.1 Å². The molecule has 0 aliphatic carbocycles. The molecule has 0 saturated heterocycles. The van der Waals surface area contributed by atoms with Crippen molar-refractivity contribution in [3.63, 3.8) is 0 Å². The molecular formula is C28H29N5O3. The van der Waals surface area contributed by atoms with Crippen LogP contribution in [0.5, 0.6) is 11.5 Å². The molecule has 0 atom stereocenters. The zero-order valence-corrected chi connectivity index (χ0v) is 20.5. The van der Waals surface area contributed by atoms with E-state index in [2.05, 4.69) is 50.5 Å². The van der Waals surface area contributed by atoms with Crippen molar-refractivity contribution in [2.75, 3.05) is 31.3 Å². The van der Waals surface area contributed by atoms with Crippen molar-refractivity contribution < 1.29 is 14.6 Å². The van der Waals surface area contributed by atoms with Crippen LogP contribution in [0.4, 0.5) is 11.5 Å². The quantitative estimate of drug-likeness (QED) is 0.425. The fraction of sp³-hybridized carbons (Fsp3) is 0.321. The van der Waals surface area contributed by atoms with E-state index in [9.17, 15) is 5.11 Å². The standard InChI is InChI=1S/C28H29N5O3/c1-28(2,16-34)32-15-18-12-22-26(29-14-18)27(31-17-30-22)33-9-8-21-20(4-3-5-23(21)33)19-6-7-24-25(13-19)36-11-10-35-24/h3-7,12-14,17,32,34H,8-11,15-16H2,1-2H3. The number of pyridine rings is 1. The van der Waals surface area contributed by atoms with E-state index >= 15 is 0 Å². The SMILES string of the molecule is CC(C)(CO)NCc1cnc2c(N3CCc4c(-c5ccc6c(c5)OCCO6)cccc43)ncnc2c1. The molecule has 6 rings (SSSR count). The summed E-state index contributed by atoms with van der Waals surface area (Å²) in [5.41, 5.74) is 6.96. The number of hydrogen-bond acceptors (Lipinski definition) is 8. The van der Waals surface area contributed by atoms with Crippen LogP contribution in [0, 0.1) is 0 Å². The van der Waals surface area contributed by atoms with Crippen molar-refractivity contribution in [3.8, 4) is 22.6 Å². The van der Waals surface area contributed by atoms with Crippen molar-refractivity contribution in [1.82, 2.24) is 20.3 Å². The van der Waals surface area contributed by atoms with Crippen LogP contribution in [0.1, 0.15) is 25.0 Å². The predicted octanol–water partition coefficient (Wildman–Crippen LogP) is 4.02. The average Bonchev–Trinajstić information content (AvgIpc) is 3.35. The fourth-order valence-corrected chi connectivity index (χ4v) is 4.80. The third kappa shape index (κ3) is 4.12. The van der Waals surface area contributed by atoms with E-state index < -0.39 is 0 Å². The van der Waals surface area contributed by atoms with Crippen molar-refractivity contribution in [3.05, 3.63) is 66.1 Å². The molecular weight excluding hydrogens is 454 g/mol. The van der Waals surface area contributed by atoms with Gasteiger partial charge < -0.3 is 24.8 Å². The smallest absolute Gasteiger partial charge is 0.163 e. The van der Waals surface area contributed by atoms with Gasteiger partial charge in [-0.05, 0) is 66.8 Å². The first-order valence-corrected chi connectivity index (χ1v) is 12.3. The molecule has 0 fully saturated rings. The molecule has 0 unspecified atom stereocenters. The topological polar surface area (TPSA) is 92.6 Å². The number of nitrogens with zero attached hydrogens (tertiary/aromatic N) is 4. The van der Waals surface area contributed by atoms with Gasteiger partial charge >= 0.3 is 0 Å². The number of anilines is 2. The van der Waals surface area contributed by atoms with E-state index in [1.807, 2.05) is 32.2 Å². The molecule has 0 bridgehead atoms. The molecule has 0 spiro atoms. The van der Waals surface area contributed by atoms with Gasteiger partial charge in [0, 0.05) is 30.5 Å². The van der Waals surface area contributed by atoms with Crippen molar-refractivity contribution in [2.45, 2.75) is 32.4 Å². The van der Waals surface area contributed by atoms with Crippen LogP contribution in [0.3, 0.4) is 0 Å². The van der Waals surface area contributed by atoms with Gasteiger partial charge in [0.2, 0.25) is 0 Å². The number of nitrogens with one attached hydrogen (secondary N) is 1. The van der Waals surface area contributed by atoms with Crippen molar-refractivity contribution in [1.29, 1.82) is 0 Å². The molecule has 0 saturated carbocycles. The third-order valence-corrected chi connectivity index (χ3v) is 6.82. The van der Waals surface area contributed by atoms with Gasteiger partial charge in [0.15, 0.2) is 17.3 Å². The van der Waals surface area contributed by atoms with E-state index in [0.717, 1.165) is 58.1 Å². The molecule has 8 heteroatoms. The minimum absolute atomic E-state index is 0.0585. The molecule has 184 valence electrons. The molecule has 2 aliphatic rings. The van der Waals surface area contributed by atoms with Crippen LogP contribution in [-0.2, 0) is 13.0 Å². The summed E-state index contributed by atoms with van der Waals surface area (Å²) in [6.07, 6.45) is 4.37. The van der Waals surface area contributed by atoms with E-state index in [4.69, 9.17) is 14.5 Å². The van der Waals surface area contributed by atoms with Crippen LogP contribution < -0.4 is 19.7 Å². The maximum absolute atomic E-state index is 9.51. The first-order valence-electron chi connectivity index (χ1n) is 12.3. The highest BCUT2D eigenvalue weighted by Gasteiger charge is 2.27. The second kappa shape index (κ2) is 9.04. The molecule has 2 aliphatic heterocycles. The number of aliphatic hydroxyl groups excluding tert-OH is 1. The predicted molar refractivity (Wildman–Crippen MR) is 139 cm³/mol. The Kier molecular flexibility index (Phi) is 5.70. The number of hydrogen-bond donors (Lipinski definition) is 2. The lowest BCUT2D eigenvalue weighted by atomic mass is 9.97. The van der Waals surface area contributed by atoms with Crippen LogP contribution in [0.15, 0.2) is 55.0 Å². The van der Waals surface area contributed by atoms with Gasteiger partial charge in [-0.2, -0.15) is 0 Å².